The molecule has 0 spiro atoms. The Kier molecular flexibility index (Phi) is 7.89. The van der Waals surface area contributed by atoms with E-state index in [1.54, 1.807) is 0 Å². The Morgan fingerprint density at radius 2 is 1.97 bits per heavy atom. The first-order valence-electron chi connectivity index (χ1n) is 11.0. The maximum atomic E-state index is 12.5. The molecule has 5 nitrogen and oxygen atoms in total. The second-order valence-electron chi connectivity index (χ2n) is 8.04. The fourth-order valence-corrected chi connectivity index (χ4v) is 3.99. The Morgan fingerprint density at radius 3 is 2.70 bits per heavy atom. The third kappa shape index (κ3) is 6.09. The van der Waals surface area contributed by atoms with Gasteiger partial charge in [0.1, 0.15) is 0 Å². The molecule has 160 valence electrons. The van der Waals surface area contributed by atoms with E-state index in [-0.39, 0.29) is 17.7 Å². The van der Waals surface area contributed by atoms with Gasteiger partial charge >= 0.3 is 0 Å². The highest BCUT2D eigenvalue weighted by atomic mass is 16.2. The number of likely N-dealkylation sites (tertiary alicyclic amines) is 1. The van der Waals surface area contributed by atoms with Crippen LogP contribution >= 0.6 is 0 Å². The topological polar surface area (TPSA) is 52.7 Å². The van der Waals surface area contributed by atoms with Crippen molar-refractivity contribution in [1.82, 2.24) is 10.2 Å². The van der Waals surface area contributed by atoms with E-state index in [1.807, 2.05) is 23.1 Å². The lowest BCUT2D eigenvalue weighted by Crippen LogP contribution is -2.35. The molecule has 1 saturated heterocycles. The number of amides is 2. The average Bonchev–Trinajstić information content (AvgIpc) is 3.13. The summed E-state index contributed by atoms with van der Waals surface area (Å²) >= 11 is 0. The summed E-state index contributed by atoms with van der Waals surface area (Å²) in [5, 5.41) is 3.04. The Labute approximate surface area is 180 Å². The molecule has 0 unspecified atom stereocenters. The molecule has 1 fully saturated rings. The van der Waals surface area contributed by atoms with Crippen molar-refractivity contribution in [2.24, 2.45) is 5.92 Å². The molecule has 2 aromatic carbocycles. The summed E-state index contributed by atoms with van der Waals surface area (Å²) in [5.74, 6) is -0.140. The molecule has 1 aliphatic rings. The van der Waals surface area contributed by atoms with Crippen LogP contribution in [0, 0.1) is 12.8 Å². The van der Waals surface area contributed by atoms with Crippen molar-refractivity contribution in [2.75, 3.05) is 37.6 Å². The van der Waals surface area contributed by atoms with Gasteiger partial charge in [0.05, 0.1) is 5.92 Å². The van der Waals surface area contributed by atoms with Crippen molar-refractivity contribution in [2.45, 2.75) is 33.1 Å². The highest BCUT2D eigenvalue weighted by Gasteiger charge is 2.33. The fourth-order valence-electron chi connectivity index (χ4n) is 3.99. The molecule has 0 aromatic heterocycles. The van der Waals surface area contributed by atoms with Crippen molar-refractivity contribution >= 4 is 17.5 Å². The van der Waals surface area contributed by atoms with Crippen molar-refractivity contribution in [3.8, 4) is 0 Å². The van der Waals surface area contributed by atoms with E-state index in [2.05, 4.69) is 60.5 Å². The molecule has 2 aromatic rings. The second-order valence-corrected chi connectivity index (χ2v) is 8.04. The Hall–Kier alpha value is -2.82. The monoisotopic (exact) mass is 407 g/mol. The summed E-state index contributed by atoms with van der Waals surface area (Å²) in [6, 6.07) is 18.7. The van der Waals surface area contributed by atoms with Gasteiger partial charge in [0, 0.05) is 44.8 Å². The third-order valence-corrected chi connectivity index (χ3v) is 5.75. The standard InChI is InChI=1S/C25H33N3O2/c1-3-27(23-12-7-9-20(2)17-23)15-8-14-26-25(30)22-18-24(29)28(19-22)16-13-21-10-5-4-6-11-21/h4-7,9-12,17,22H,3,8,13-16,18-19H2,1-2H3,(H,26,30)/t22-/m0/s1. The van der Waals surface area contributed by atoms with E-state index in [9.17, 15) is 9.59 Å². The minimum atomic E-state index is -0.229. The van der Waals surface area contributed by atoms with Crippen LogP contribution in [-0.2, 0) is 16.0 Å². The molecule has 0 aliphatic carbocycles. The number of carbonyl (C=O) groups is 2. The summed E-state index contributed by atoms with van der Waals surface area (Å²) < 4.78 is 0. The molecule has 0 bridgehead atoms. The molecule has 30 heavy (non-hydrogen) atoms. The largest absolute Gasteiger partial charge is 0.372 e. The van der Waals surface area contributed by atoms with Crippen LogP contribution in [0.15, 0.2) is 54.6 Å². The summed E-state index contributed by atoms with van der Waals surface area (Å²) in [4.78, 5) is 29.0. The highest BCUT2D eigenvalue weighted by Crippen LogP contribution is 2.19. The smallest absolute Gasteiger partial charge is 0.225 e. The van der Waals surface area contributed by atoms with Crippen LogP contribution in [-0.4, -0.2) is 49.4 Å². The number of nitrogens with zero attached hydrogens (tertiary/aromatic N) is 2. The fraction of sp³-hybridized carbons (Fsp3) is 0.440. The number of nitrogens with one attached hydrogen (secondary N) is 1. The van der Waals surface area contributed by atoms with E-state index in [0.717, 1.165) is 25.9 Å². The summed E-state index contributed by atoms with van der Waals surface area (Å²) in [7, 11) is 0. The van der Waals surface area contributed by atoms with E-state index >= 15 is 0 Å². The van der Waals surface area contributed by atoms with Crippen LogP contribution in [0.5, 0.6) is 0 Å². The average molecular weight is 408 g/mol. The molecular formula is C25H33N3O2. The van der Waals surface area contributed by atoms with Gasteiger partial charge in [0.2, 0.25) is 11.8 Å². The summed E-state index contributed by atoms with van der Waals surface area (Å²) in [5.41, 5.74) is 3.69. The highest BCUT2D eigenvalue weighted by molar-refractivity contribution is 5.89. The molecular weight excluding hydrogens is 374 g/mol. The van der Waals surface area contributed by atoms with Gasteiger partial charge in [-0.05, 0) is 49.9 Å². The van der Waals surface area contributed by atoms with E-state index in [4.69, 9.17) is 0 Å². The Bertz CT molecular complexity index is 837. The molecule has 0 radical (unpaired) electrons. The van der Waals surface area contributed by atoms with Gasteiger partial charge in [-0.15, -0.1) is 0 Å². The molecule has 1 aliphatic heterocycles. The first-order valence-corrected chi connectivity index (χ1v) is 11.0. The van der Waals surface area contributed by atoms with Gasteiger partial charge in [-0.25, -0.2) is 0 Å². The zero-order valence-electron chi connectivity index (χ0n) is 18.1. The van der Waals surface area contributed by atoms with Crippen LogP contribution < -0.4 is 10.2 Å². The molecule has 5 heteroatoms. The molecule has 3 rings (SSSR count). The number of hydrogen-bond acceptors (Lipinski definition) is 3. The van der Waals surface area contributed by atoms with Crippen molar-refractivity contribution in [3.63, 3.8) is 0 Å². The number of hydrogen-bond donors (Lipinski definition) is 1. The van der Waals surface area contributed by atoms with Crippen molar-refractivity contribution in [3.05, 3.63) is 65.7 Å². The zero-order valence-corrected chi connectivity index (χ0v) is 18.1. The molecule has 1 N–H and O–H groups in total. The van der Waals surface area contributed by atoms with Gasteiger partial charge < -0.3 is 15.1 Å². The first kappa shape index (κ1) is 21.9. The molecule has 2 amide bonds. The van der Waals surface area contributed by atoms with Gasteiger partial charge in [-0.2, -0.15) is 0 Å². The minimum Gasteiger partial charge on any atom is -0.372 e. The van der Waals surface area contributed by atoms with Gasteiger partial charge in [0.25, 0.3) is 0 Å². The maximum Gasteiger partial charge on any atom is 0.225 e. The van der Waals surface area contributed by atoms with Crippen molar-refractivity contribution in [1.29, 1.82) is 0 Å². The molecule has 0 saturated carbocycles. The second kappa shape index (κ2) is 10.8. The van der Waals surface area contributed by atoms with Crippen molar-refractivity contribution < 1.29 is 9.59 Å². The SMILES string of the molecule is CCN(CCCNC(=O)[C@H]1CC(=O)N(CCc2ccccc2)C1)c1cccc(C)c1. The number of rotatable bonds is 10. The number of anilines is 1. The molecule has 1 heterocycles. The number of carbonyl (C=O) groups excluding carboxylic acids is 2. The van der Waals surface area contributed by atoms with Gasteiger partial charge in [-0.1, -0.05) is 42.5 Å². The predicted molar refractivity (Wildman–Crippen MR) is 122 cm³/mol. The third-order valence-electron chi connectivity index (χ3n) is 5.75. The lowest BCUT2D eigenvalue weighted by molar-refractivity contribution is -0.129. The van der Waals surface area contributed by atoms with Crippen LogP contribution in [0.3, 0.4) is 0 Å². The van der Waals surface area contributed by atoms with Crippen LogP contribution in [0.4, 0.5) is 5.69 Å². The lowest BCUT2D eigenvalue weighted by Gasteiger charge is -2.23. The predicted octanol–water partition coefficient (Wildman–Crippen LogP) is 3.42. The van der Waals surface area contributed by atoms with Gasteiger partial charge in [0.15, 0.2) is 0 Å². The minimum absolute atomic E-state index is 0.00386. The summed E-state index contributed by atoms with van der Waals surface area (Å²) in [6.07, 6.45) is 2.03. The lowest BCUT2D eigenvalue weighted by atomic mass is 10.1. The van der Waals surface area contributed by atoms with E-state index in [1.165, 1.54) is 16.8 Å². The number of aryl methyl sites for hydroxylation is 1. The van der Waals surface area contributed by atoms with Crippen LogP contribution in [0.2, 0.25) is 0 Å². The van der Waals surface area contributed by atoms with Crippen LogP contribution in [0.25, 0.3) is 0 Å². The van der Waals surface area contributed by atoms with Gasteiger partial charge in [-0.3, -0.25) is 9.59 Å². The quantitative estimate of drug-likeness (QED) is 0.614. The molecule has 1 atom stereocenters. The summed E-state index contributed by atoms with van der Waals surface area (Å²) in [6.45, 7) is 7.92. The van der Waals surface area contributed by atoms with E-state index < -0.39 is 0 Å². The Morgan fingerprint density at radius 1 is 1.17 bits per heavy atom. The van der Waals surface area contributed by atoms with E-state index in [0.29, 0.717) is 26.1 Å². The van der Waals surface area contributed by atoms with Crippen LogP contribution in [0.1, 0.15) is 30.9 Å². The maximum absolute atomic E-state index is 12.5. The number of benzene rings is 2. The Balaban J connectivity index is 1.39. The first-order chi connectivity index (χ1) is 14.6. The normalized spacial score (nSPS) is 16.0. The zero-order chi connectivity index (χ0) is 21.3.